The Morgan fingerprint density at radius 2 is 1.62 bits per heavy atom. The average molecular weight is 1200 g/mol. The normalized spacial score (nSPS) is 34.8. The van der Waals surface area contributed by atoms with Crippen molar-refractivity contribution < 1.29 is 152 Å². The number of aliphatic hydroxyl groups excluding tert-OH is 3. The summed E-state index contributed by atoms with van der Waals surface area (Å²) in [6, 6.07) is 6.75. The first-order chi connectivity index (χ1) is 24.4. The van der Waals surface area contributed by atoms with E-state index in [4.69, 9.17) is 18.9 Å². The number of aliphatic hydroxyl groups is 5. The average Bonchev–Trinajstić information content (AvgIpc) is 3.07. The standard InChI is InChI=1S/C39H55NO13.2Ac/c1-19(2)26(40-34(47)51-17-35(4,5)6)28(43)33(46)52-22-16-39(49)31(53-32(45)21-13-11-10-12-14-21)29-37(9,23(41)15-24-38(29,48)18-50-24)30(44)27(42)25(20(22)3)36(39,7)8;;/h10-14,19,22-24,26-29,31,41-43,48-49H,15-18H2,1-9H3,(H,40,47);;/t22?,23?,24?,26?,27?,28?,29?,31?,37-,38+,39?;;/m1../s1. The monoisotopic (exact) mass is 1200 g/mol. The summed E-state index contributed by atoms with van der Waals surface area (Å²) in [6.07, 6.45) is -10.9. The summed E-state index contributed by atoms with van der Waals surface area (Å²) in [6.45, 7) is 14.7. The molecule has 55 heavy (non-hydrogen) atoms. The third-order valence-corrected chi connectivity index (χ3v) is 12.1. The molecule has 1 aromatic rings. The van der Waals surface area contributed by atoms with Gasteiger partial charge in [-0.15, -0.1) is 0 Å². The predicted octanol–water partition coefficient (Wildman–Crippen LogP) is 2.22. The number of ether oxygens (including phenoxy) is 4. The van der Waals surface area contributed by atoms with Crippen molar-refractivity contribution in [1.82, 2.24) is 5.32 Å². The van der Waals surface area contributed by atoms with E-state index in [-0.39, 0.29) is 130 Å². The first-order valence-electron chi connectivity index (χ1n) is 18.2. The largest absolute Gasteiger partial charge is 0.456 e. The zero-order chi connectivity index (χ0) is 39.6. The van der Waals surface area contributed by atoms with Gasteiger partial charge in [0, 0.05) is 112 Å². The van der Waals surface area contributed by atoms with E-state index in [1.807, 2.05) is 20.8 Å². The van der Waals surface area contributed by atoms with Crippen molar-refractivity contribution in [3.63, 3.8) is 0 Å². The van der Waals surface area contributed by atoms with Crippen LogP contribution in [0.3, 0.4) is 0 Å². The van der Waals surface area contributed by atoms with Crippen molar-refractivity contribution in [2.75, 3.05) is 13.2 Å². The number of ketones is 1. The molecule has 2 saturated carbocycles. The zero-order valence-electron chi connectivity index (χ0n) is 33.1. The topological polar surface area (TPSA) is 218 Å². The summed E-state index contributed by atoms with van der Waals surface area (Å²) in [7, 11) is 0. The maximum atomic E-state index is 14.6. The van der Waals surface area contributed by atoms with E-state index in [9.17, 15) is 44.7 Å². The number of fused-ring (bicyclic) bond motifs is 5. The van der Waals surface area contributed by atoms with E-state index in [1.54, 1.807) is 45.9 Å². The van der Waals surface area contributed by atoms with Gasteiger partial charge in [-0.2, -0.15) is 0 Å². The second-order valence-corrected chi connectivity index (χ2v) is 17.5. The molecule has 2 bridgehead atoms. The molecule has 2 radical (unpaired) electrons. The summed E-state index contributed by atoms with van der Waals surface area (Å²) >= 11 is 0. The molecule has 9 unspecified atom stereocenters. The molecular weight excluding hydrogens is 1140 g/mol. The number of alkyl carbamates (subject to hydrolysis) is 1. The molecule has 1 saturated heterocycles. The van der Waals surface area contributed by atoms with Crippen LogP contribution in [0.25, 0.3) is 0 Å². The molecule has 11 atom stereocenters. The fraction of sp³-hybridized carbons (Fsp3) is 0.692. The molecule has 4 aliphatic rings. The van der Waals surface area contributed by atoms with Crippen molar-refractivity contribution in [3.05, 3.63) is 47.0 Å². The molecular formula is C39H55Ac2NO13. The summed E-state index contributed by atoms with van der Waals surface area (Å²) in [5.74, 6) is -4.94. The van der Waals surface area contributed by atoms with E-state index in [1.165, 1.54) is 26.0 Å². The first kappa shape index (κ1) is 48.8. The number of rotatable bonds is 8. The molecule has 0 aromatic heterocycles. The van der Waals surface area contributed by atoms with Gasteiger partial charge in [0.2, 0.25) is 0 Å². The minimum absolute atomic E-state index is 0. The zero-order valence-corrected chi connectivity index (χ0v) is 42.6. The van der Waals surface area contributed by atoms with Crippen LogP contribution in [-0.4, -0.2) is 116 Å². The SMILES string of the molecule is CC1=C2C(O)C(=O)[C@]3(C)C(O)CC4OC[C@@]4(O)C3C(OC(=O)c3ccccc3)C(O)(CC1OC(=O)C(O)C(NC(=O)OCC(C)(C)C)C(C)C)C2(C)C.[Ac].[Ac]. The molecule has 0 spiro atoms. The van der Waals surface area contributed by atoms with Crippen molar-refractivity contribution >= 4 is 23.8 Å². The fourth-order valence-corrected chi connectivity index (χ4v) is 8.80. The number of benzene rings is 1. The van der Waals surface area contributed by atoms with E-state index >= 15 is 0 Å². The van der Waals surface area contributed by atoms with Crippen LogP contribution in [0.5, 0.6) is 0 Å². The molecule has 5 rings (SSSR count). The van der Waals surface area contributed by atoms with Gasteiger partial charge < -0.3 is 49.8 Å². The van der Waals surface area contributed by atoms with E-state index < -0.39 is 107 Å². The van der Waals surface area contributed by atoms with Gasteiger partial charge in [-0.25, -0.2) is 14.4 Å². The summed E-state index contributed by atoms with van der Waals surface area (Å²) in [5, 5.41) is 62.7. The molecule has 16 heteroatoms. The van der Waals surface area contributed by atoms with Gasteiger partial charge >= 0.3 is 18.0 Å². The van der Waals surface area contributed by atoms with Crippen LogP contribution in [0.2, 0.25) is 0 Å². The number of carbonyl (C=O) groups is 4. The minimum Gasteiger partial charge on any atom is -0.456 e. The van der Waals surface area contributed by atoms with Crippen molar-refractivity contribution in [1.29, 1.82) is 0 Å². The van der Waals surface area contributed by atoms with E-state index in [0.717, 1.165) is 0 Å². The van der Waals surface area contributed by atoms with Gasteiger partial charge in [-0.3, -0.25) is 4.79 Å². The first-order valence-corrected chi connectivity index (χ1v) is 18.2. The van der Waals surface area contributed by atoms with Crippen LogP contribution in [0.15, 0.2) is 41.5 Å². The summed E-state index contributed by atoms with van der Waals surface area (Å²) in [5.41, 5.74) is -7.76. The predicted molar refractivity (Wildman–Crippen MR) is 188 cm³/mol. The second-order valence-electron chi connectivity index (χ2n) is 17.5. The Bertz CT molecular complexity index is 1650. The molecule has 6 N–H and O–H groups in total. The van der Waals surface area contributed by atoms with Crippen LogP contribution in [0, 0.1) is 116 Å². The van der Waals surface area contributed by atoms with Crippen LogP contribution < -0.4 is 5.32 Å². The van der Waals surface area contributed by atoms with Crippen LogP contribution in [0.1, 0.15) is 85.5 Å². The minimum atomic E-state index is -2.28. The number of esters is 2. The Hall–Kier alpha value is -0.517. The Morgan fingerprint density at radius 3 is 2.15 bits per heavy atom. The molecule has 3 aliphatic carbocycles. The Kier molecular flexibility index (Phi) is 15.6. The molecule has 14 nitrogen and oxygen atoms in total. The van der Waals surface area contributed by atoms with E-state index in [2.05, 4.69) is 5.32 Å². The van der Waals surface area contributed by atoms with Gasteiger partial charge in [0.05, 0.1) is 42.4 Å². The molecule has 3 fully saturated rings. The maximum Gasteiger partial charge on any atom is 0.407 e. The van der Waals surface area contributed by atoms with Gasteiger partial charge in [0.15, 0.2) is 11.9 Å². The molecule has 1 amide bonds. The third kappa shape index (κ3) is 8.72. The Morgan fingerprint density at radius 1 is 1.02 bits per heavy atom. The molecule has 300 valence electrons. The number of carbonyl (C=O) groups excluding carboxylic acids is 4. The van der Waals surface area contributed by atoms with Crippen molar-refractivity contribution in [2.24, 2.45) is 28.1 Å². The fourth-order valence-electron chi connectivity index (χ4n) is 8.80. The number of hydrogen-bond donors (Lipinski definition) is 6. The summed E-state index contributed by atoms with van der Waals surface area (Å²) < 4.78 is 23.0. The molecule has 1 aliphatic heterocycles. The van der Waals surface area contributed by atoms with E-state index in [0.29, 0.717) is 0 Å². The number of hydrogen-bond acceptors (Lipinski definition) is 13. The number of Topliss-reactive ketones (excluding diaryl/α,β-unsaturated/α-hetero) is 1. The third-order valence-electron chi connectivity index (χ3n) is 12.1. The van der Waals surface area contributed by atoms with Crippen molar-refractivity contribution in [2.45, 2.75) is 129 Å². The van der Waals surface area contributed by atoms with Gasteiger partial charge in [-0.1, -0.05) is 66.7 Å². The van der Waals surface area contributed by atoms with Crippen LogP contribution in [0.4, 0.5) is 4.79 Å². The van der Waals surface area contributed by atoms with Gasteiger partial charge in [-0.05, 0) is 48.5 Å². The number of amides is 1. The smallest absolute Gasteiger partial charge is 0.407 e. The maximum absolute atomic E-state index is 14.6. The Balaban J connectivity index is 0.00000406. The second kappa shape index (κ2) is 17.6. The molecule has 1 aromatic carbocycles. The quantitative estimate of drug-likeness (QED) is 0.125. The van der Waals surface area contributed by atoms with Crippen LogP contribution >= 0.6 is 0 Å². The number of nitrogens with one attached hydrogen (secondary N) is 1. The van der Waals surface area contributed by atoms with Crippen LogP contribution in [-0.2, 0) is 28.5 Å². The molecule has 1 heterocycles. The van der Waals surface area contributed by atoms with Gasteiger partial charge in [0.1, 0.15) is 29.5 Å². The van der Waals surface area contributed by atoms with Crippen molar-refractivity contribution in [3.8, 4) is 0 Å². The summed E-state index contributed by atoms with van der Waals surface area (Å²) in [4.78, 5) is 54.9. The Labute approximate surface area is 393 Å². The van der Waals surface area contributed by atoms with Gasteiger partial charge in [0.25, 0.3) is 0 Å².